The van der Waals surface area contributed by atoms with Crippen molar-refractivity contribution in [3.63, 3.8) is 0 Å². The Labute approximate surface area is 116 Å². The fraction of sp³-hybridized carbons (Fsp3) is 0.0769. The van der Waals surface area contributed by atoms with Crippen LogP contribution in [0.5, 0.6) is 0 Å². The van der Waals surface area contributed by atoms with Gasteiger partial charge in [-0.05, 0) is 30.7 Å². The third-order valence-electron chi connectivity index (χ3n) is 2.61. The fourth-order valence-electron chi connectivity index (χ4n) is 1.60. The van der Waals surface area contributed by atoms with E-state index in [9.17, 15) is 13.2 Å². The maximum atomic E-state index is 12.0. The molecule has 1 aromatic carbocycles. The maximum absolute atomic E-state index is 12.0. The summed E-state index contributed by atoms with van der Waals surface area (Å²) in [7, 11) is -3.80. The first-order valence-corrected chi connectivity index (χ1v) is 7.27. The molecule has 0 radical (unpaired) electrons. The lowest BCUT2D eigenvalue weighted by Gasteiger charge is -2.10. The number of nitrogens with one attached hydrogen (secondary N) is 2. The third kappa shape index (κ3) is 3.19. The van der Waals surface area contributed by atoms with Gasteiger partial charge in [-0.1, -0.05) is 18.2 Å². The molecule has 0 aliphatic rings. The minimum absolute atomic E-state index is 0.117. The molecular weight excluding hydrogens is 278 g/mol. The van der Waals surface area contributed by atoms with E-state index < -0.39 is 15.9 Å². The van der Waals surface area contributed by atoms with Gasteiger partial charge in [0.1, 0.15) is 0 Å². The maximum Gasteiger partial charge on any atom is 0.267 e. The Balaban J connectivity index is 2.11. The van der Waals surface area contributed by atoms with Gasteiger partial charge in [-0.2, -0.15) is 0 Å². The van der Waals surface area contributed by atoms with Gasteiger partial charge in [-0.3, -0.25) is 15.2 Å². The van der Waals surface area contributed by atoms with Gasteiger partial charge in [0.2, 0.25) is 0 Å². The van der Waals surface area contributed by atoms with Crippen LogP contribution in [0, 0.1) is 6.92 Å². The Morgan fingerprint density at radius 2 is 1.90 bits per heavy atom. The van der Waals surface area contributed by atoms with Crippen LogP contribution >= 0.6 is 0 Å². The normalized spacial score (nSPS) is 11.1. The minimum Gasteiger partial charge on any atom is -0.273 e. The molecule has 7 heteroatoms. The van der Waals surface area contributed by atoms with Crippen molar-refractivity contribution in [1.29, 1.82) is 0 Å². The monoisotopic (exact) mass is 291 g/mol. The van der Waals surface area contributed by atoms with Gasteiger partial charge < -0.3 is 0 Å². The zero-order chi connectivity index (χ0) is 14.6. The summed E-state index contributed by atoms with van der Waals surface area (Å²) in [6.45, 7) is 1.68. The standard InChI is InChI=1S/C13H13N3O3S/c1-10-5-2-3-7-12(10)20(18,19)16-15-13(17)11-6-4-8-14-9-11/h2-9,16H,1H3,(H,15,17). The molecule has 2 aromatic rings. The number of hydrazine groups is 1. The Kier molecular flexibility index (Phi) is 4.11. The molecule has 0 bridgehead atoms. The fourth-order valence-corrected chi connectivity index (χ4v) is 2.68. The zero-order valence-corrected chi connectivity index (χ0v) is 11.5. The number of amides is 1. The molecule has 0 aliphatic heterocycles. The van der Waals surface area contributed by atoms with Gasteiger partial charge in [0, 0.05) is 12.4 Å². The van der Waals surface area contributed by atoms with Crippen molar-refractivity contribution in [3.8, 4) is 0 Å². The summed E-state index contributed by atoms with van der Waals surface area (Å²) in [5.41, 5.74) is 3.01. The predicted molar refractivity (Wildman–Crippen MR) is 73.2 cm³/mol. The molecular formula is C13H13N3O3S. The van der Waals surface area contributed by atoms with E-state index in [4.69, 9.17) is 0 Å². The van der Waals surface area contributed by atoms with E-state index in [0.717, 1.165) is 0 Å². The molecule has 0 unspecified atom stereocenters. The average Bonchev–Trinajstić information content (AvgIpc) is 2.46. The van der Waals surface area contributed by atoms with Gasteiger partial charge in [0.25, 0.3) is 15.9 Å². The number of sulfonamides is 1. The topological polar surface area (TPSA) is 88.2 Å². The highest BCUT2D eigenvalue weighted by atomic mass is 32.2. The van der Waals surface area contributed by atoms with E-state index in [1.54, 1.807) is 31.2 Å². The quantitative estimate of drug-likeness (QED) is 0.823. The smallest absolute Gasteiger partial charge is 0.267 e. The van der Waals surface area contributed by atoms with E-state index >= 15 is 0 Å². The summed E-state index contributed by atoms with van der Waals surface area (Å²) in [6.07, 6.45) is 2.87. The summed E-state index contributed by atoms with van der Waals surface area (Å²) in [4.78, 5) is 17.7. The molecule has 2 N–H and O–H groups in total. The van der Waals surface area contributed by atoms with Crippen LogP contribution < -0.4 is 10.3 Å². The number of carbonyl (C=O) groups is 1. The Morgan fingerprint density at radius 3 is 2.55 bits per heavy atom. The summed E-state index contributed by atoms with van der Waals surface area (Å²) in [6, 6.07) is 9.62. The SMILES string of the molecule is Cc1ccccc1S(=O)(=O)NNC(=O)c1cccnc1. The van der Waals surface area contributed by atoms with Crippen molar-refractivity contribution in [1.82, 2.24) is 15.2 Å². The van der Waals surface area contributed by atoms with Gasteiger partial charge in [0.05, 0.1) is 10.5 Å². The lowest BCUT2D eigenvalue weighted by molar-refractivity contribution is 0.0944. The number of pyridine rings is 1. The number of aryl methyl sites for hydroxylation is 1. The second-order valence-electron chi connectivity index (χ2n) is 4.07. The van der Waals surface area contributed by atoms with E-state index in [2.05, 4.69) is 15.2 Å². The van der Waals surface area contributed by atoms with Crippen LogP contribution in [-0.4, -0.2) is 19.3 Å². The first-order chi connectivity index (χ1) is 9.50. The van der Waals surface area contributed by atoms with Gasteiger partial charge in [0.15, 0.2) is 0 Å². The number of aromatic nitrogens is 1. The highest BCUT2D eigenvalue weighted by Crippen LogP contribution is 2.12. The van der Waals surface area contributed by atoms with E-state index in [1.807, 2.05) is 0 Å². The van der Waals surface area contributed by atoms with E-state index in [0.29, 0.717) is 5.56 Å². The van der Waals surface area contributed by atoms with Crippen molar-refractivity contribution in [3.05, 3.63) is 59.9 Å². The van der Waals surface area contributed by atoms with Crippen LogP contribution in [-0.2, 0) is 10.0 Å². The molecule has 1 aromatic heterocycles. The van der Waals surface area contributed by atoms with Crippen LogP contribution in [0.2, 0.25) is 0 Å². The number of benzene rings is 1. The molecule has 0 saturated heterocycles. The molecule has 0 spiro atoms. The number of rotatable bonds is 4. The van der Waals surface area contributed by atoms with E-state index in [-0.39, 0.29) is 10.5 Å². The average molecular weight is 291 g/mol. The lowest BCUT2D eigenvalue weighted by Crippen LogP contribution is -2.41. The first kappa shape index (κ1) is 14.2. The summed E-state index contributed by atoms with van der Waals surface area (Å²) in [5, 5.41) is 0. The van der Waals surface area contributed by atoms with Crippen molar-refractivity contribution >= 4 is 15.9 Å². The van der Waals surface area contributed by atoms with E-state index in [1.165, 1.54) is 24.5 Å². The van der Waals surface area contributed by atoms with Crippen LogP contribution in [0.3, 0.4) is 0 Å². The molecule has 104 valence electrons. The van der Waals surface area contributed by atoms with Crippen LogP contribution in [0.4, 0.5) is 0 Å². The highest BCUT2D eigenvalue weighted by Gasteiger charge is 2.17. The molecule has 6 nitrogen and oxygen atoms in total. The van der Waals surface area contributed by atoms with Crippen molar-refractivity contribution < 1.29 is 13.2 Å². The minimum atomic E-state index is -3.80. The second kappa shape index (κ2) is 5.81. The molecule has 1 amide bonds. The van der Waals surface area contributed by atoms with Crippen LogP contribution in [0.15, 0.2) is 53.7 Å². The van der Waals surface area contributed by atoms with Crippen molar-refractivity contribution in [2.45, 2.75) is 11.8 Å². The van der Waals surface area contributed by atoms with Crippen LogP contribution in [0.1, 0.15) is 15.9 Å². The summed E-state index contributed by atoms with van der Waals surface area (Å²) in [5.74, 6) is -0.574. The lowest BCUT2D eigenvalue weighted by atomic mass is 10.2. The molecule has 2 rings (SSSR count). The van der Waals surface area contributed by atoms with Gasteiger partial charge >= 0.3 is 0 Å². The summed E-state index contributed by atoms with van der Waals surface area (Å²) >= 11 is 0. The number of hydrogen-bond acceptors (Lipinski definition) is 4. The zero-order valence-electron chi connectivity index (χ0n) is 10.7. The third-order valence-corrected chi connectivity index (χ3v) is 4.01. The number of nitrogens with zero attached hydrogens (tertiary/aromatic N) is 1. The first-order valence-electron chi connectivity index (χ1n) is 5.78. The molecule has 0 atom stereocenters. The highest BCUT2D eigenvalue weighted by molar-refractivity contribution is 7.89. The van der Waals surface area contributed by atoms with Crippen molar-refractivity contribution in [2.75, 3.05) is 0 Å². The number of hydrogen-bond donors (Lipinski definition) is 2. The summed E-state index contributed by atoms with van der Waals surface area (Å²) < 4.78 is 24.1. The molecule has 1 heterocycles. The Bertz CT molecular complexity index is 715. The van der Waals surface area contributed by atoms with Gasteiger partial charge in [-0.25, -0.2) is 8.42 Å². The molecule has 0 saturated carbocycles. The Morgan fingerprint density at radius 1 is 1.15 bits per heavy atom. The number of carbonyl (C=O) groups excluding carboxylic acids is 1. The molecule has 0 fully saturated rings. The Hall–Kier alpha value is -2.25. The molecule has 0 aliphatic carbocycles. The van der Waals surface area contributed by atoms with Gasteiger partial charge in [-0.15, -0.1) is 4.83 Å². The van der Waals surface area contributed by atoms with Crippen LogP contribution in [0.25, 0.3) is 0 Å². The van der Waals surface area contributed by atoms with Crippen molar-refractivity contribution in [2.24, 2.45) is 0 Å². The second-order valence-corrected chi connectivity index (χ2v) is 5.72. The molecule has 20 heavy (non-hydrogen) atoms. The predicted octanol–water partition coefficient (Wildman–Crippen LogP) is 1.01. The largest absolute Gasteiger partial charge is 0.273 e.